The van der Waals surface area contributed by atoms with Crippen molar-refractivity contribution >= 4 is 11.6 Å². The topological polar surface area (TPSA) is 75.4 Å². The Labute approximate surface area is 111 Å². The predicted molar refractivity (Wildman–Crippen MR) is 71.1 cm³/mol. The predicted octanol–water partition coefficient (Wildman–Crippen LogP) is 1.69. The molecular formula is C14H19FN2O2. The summed E-state index contributed by atoms with van der Waals surface area (Å²) in [4.78, 5) is 11.9. The summed E-state index contributed by atoms with van der Waals surface area (Å²) in [5.41, 5.74) is 5.97. The molecule has 2 unspecified atom stereocenters. The fourth-order valence-electron chi connectivity index (χ4n) is 2.53. The molecule has 19 heavy (non-hydrogen) atoms. The van der Waals surface area contributed by atoms with Crippen LogP contribution in [-0.2, 0) is 0 Å². The van der Waals surface area contributed by atoms with E-state index in [9.17, 15) is 14.3 Å². The van der Waals surface area contributed by atoms with E-state index < -0.39 is 5.82 Å². The normalized spacial score (nSPS) is 23.1. The van der Waals surface area contributed by atoms with Crippen LogP contribution < -0.4 is 11.1 Å². The molecule has 1 fully saturated rings. The highest BCUT2D eigenvalue weighted by molar-refractivity contribution is 5.95. The lowest BCUT2D eigenvalue weighted by atomic mass is 9.87. The zero-order chi connectivity index (χ0) is 13.8. The minimum atomic E-state index is -0.516. The van der Waals surface area contributed by atoms with Crippen LogP contribution in [0.3, 0.4) is 0 Å². The number of nitrogens with one attached hydrogen (secondary N) is 1. The molecular weight excluding hydrogens is 247 g/mol. The molecule has 4 N–H and O–H groups in total. The standard InChI is InChI=1S/C14H19FN2O2/c15-11-5-10(6-12(16)7-11)14(19)17-8-9-2-1-3-13(18)4-9/h5-7,9,13,18H,1-4,8,16H2,(H,17,19). The number of amides is 1. The van der Waals surface area contributed by atoms with Crippen molar-refractivity contribution in [2.24, 2.45) is 5.92 Å². The highest BCUT2D eigenvalue weighted by Gasteiger charge is 2.20. The average Bonchev–Trinajstić information content (AvgIpc) is 2.35. The number of nitrogen functional groups attached to an aromatic ring is 1. The lowest BCUT2D eigenvalue weighted by molar-refractivity contribution is 0.0873. The minimum Gasteiger partial charge on any atom is -0.399 e. The van der Waals surface area contributed by atoms with E-state index in [1.165, 1.54) is 18.2 Å². The Morgan fingerprint density at radius 3 is 2.89 bits per heavy atom. The Kier molecular flexibility index (Phi) is 4.37. The number of carbonyl (C=O) groups is 1. The van der Waals surface area contributed by atoms with Crippen molar-refractivity contribution in [2.45, 2.75) is 31.8 Å². The molecule has 0 radical (unpaired) electrons. The third-order valence-corrected chi connectivity index (χ3v) is 3.49. The van der Waals surface area contributed by atoms with Gasteiger partial charge in [-0.3, -0.25) is 4.79 Å². The number of hydrogen-bond acceptors (Lipinski definition) is 3. The van der Waals surface area contributed by atoms with Gasteiger partial charge in [0.25, 0.3) is 5.91 Å². The van der Waals surface area contributed by atoms with Crippen LogP contribution in [0.25, 0.3) is 0 Å². The molecule has 0 heterocycles. The first-order chi connectivity index (χ1) is 9.04. The second-order valence-electron chi connectivity index (χ2n) is 5.17. The summed E-state index contributed by atoms with van der Waals surface area (Å²) in [5, 5.41) is 12.3. The minimum absolute atomic E-state index is 0.230. The number of anilines is 1. The van der Waals surface area contributed by atoms with E-state index in [1.807, 2.05) is 0 Å². The number of aliphatic hydroxyl groups is 1. The van der Waals surface area contributed by atoms with Crippen molar-refractivity contribution in [3.8, 4) is 0 Å². The van der Waals surface area contributed by atoms with Crippen LogP contribution in [0.5, 0.6) is 0 Å². The van der Waals surface area contributed by atoms with Crippen LogP contribution in [-0.4, -0.2) is 23.7 Å². The third-order valence-electron chi connectivity index (χ3n) is 3.49. The summed E-state index contributed by atoms with van der Waals surface area (Å²) >= 11 is 0. The summed E-state index contributed by atoms with van der Waals surface area (Å²) in [6, 6.07) is 3.80. The van der Waals surface area contributed by atoms with Gasteiger partial charge in [-0.2, -0.15) is 0 Å². The number of nitrogens with two attached hydrogens (primary N) is 1. The molecule has 5 heteroatoms. The maximum Gasteiger partial charge on any atom is 0.251 e. The van der Waals surface area contributed by atoms with Gasteiger partial charge in [-0.1, -0.05) is 6.42 Å². The Bertz CT molecular complexity index is 445. The number of rotatable bonds is 3. The first-order valence-corrected chi connectivity index (χ1v) is 6.57. The van der Waals surface area contributed by atoms with E-state index in [1.54, 1.807) is 0 Å². The molecule has 4 nitrogen and oxygen atoms in total. The van der Waals surface area contributed by atoms with E-state index in [-0.39, 0.29) is 23.3 Å². The first kappa shape index (κ1) is 13.8. The van der Waals surface area contributed by atoms with Gasteiger partial charge in [0.2, 0.25) is 0 Å². The van der Waals surface area contributed by atoms with Crippen LogP contribution in [0, 0.1) is 11.7 Å². The molecule has 1 amide bonds. The second-order valence-corrected chi connectivity index (χ2v) is 5.17. The second kappa shape index (κ2) is 6.02. The van der Waals surface area contributed by atoms with Crippen molar-refractivity contribution in [1.82, 2.24) is 5.32 Å². The summed E-state index contributed by atoms with van der Waals surface area (Å²) in [7, 11) is 0. The van der Waals surface area contributed by atoms with Gasteiger partial charge in [0.15, 0.2) is 0 Å². The van der Waals surface area contributed by atoms with Crippen molar-refractivity contribution in [3.63, 3.8) is 0 Å². The molecule has 0 saturated heterocycles. The quantitative estimate of drug-likeness (QED) is 0.729. The maximum absolute atomic E-state index is 13.1. The van der Waals surface area contributed by atoms with Crippen LogP contribution >= 0.6 is 0 Å². The fraction of sp³-hybridized carbons (Fsp3) is 0.500. The van der Waals surface area contributed by atoms with E-state index in [4.69, 9.17) is 5.73 Å². The van der Waals surface area contributed by atoms with Gasteiger partial charge in [0.1, 0.15) is 5.82 Å². The summed E-state index contributed by atoms with van der Waals surface area (Å²) in [6.07, 6.45) is 3.27. The largest absolute Gasteiger partial charge is 0.399 e. The van der Waals surface area contributed by atoms with Gasteiger partial charge < -0.3 is 16.2 Å². The number of aliphatic hydroxyl groups excluding tert-OH is 1. The molecule has 1 saturated carbocycles. The van der Waals surface area contributed by atoms with Crippen molar-refractivity contribution < 1.29 is 14.3 Å². The Morgan fingerprint density at radius 2 is 2.21 bits per heavy atom. The van der Waals surface area contributed by atoms with E-state index >= 15 is 0 Å². The Morgan fingerprint density at radius 1 is 1.42 bits per heavy atom. The highest BCUT2D eigenvalue weighted by Crippen LogP contribution is 2.23. The van der Waals surface area contributed by atoms with Crippen LogP contribution in [0.15, 0.2) is 18.2 Å². The Hall–Kier alpha value is -1.62. The van der Waals surface area contributed by atoms with Gasteiger partial charge >= 0.3 is 0 Å². The van der Waals surface area contributed by atoms with Crippen LogP contribution in [0.1, 0.15) is 36.0 Å². The molecule has 104 valence electrons. The maximum atomic E-state index is 13.1. The van der Waals surface area contributed by atoms with Crippen LogP contribution in [0.4, 0.5) is 10.1 Å². The van der Waals surface area contributed by atoms with Gasteiger partial charge in [-0.15, -0.1) is 0 Å². The number of carbonyl (C=O) groups excluding carboxylic acids is 1. The molecule has 2 atom stereocenters. The number of halogens is 1. The fourth-order valence-corrected chi connectivity index (χ4v) is 2.53. The Balaban J connectivity index is 1.90. The van der Waals surface area contributed by atoms with E-state index in [2.05, 4.69) is 5.32 Å². The van der Waals surface area contributed by atoms with E-state index in [0.29, 0.717) is 18.9 Å². The highest BCUT2D eigenvalue weighted by atomic mass is 19.1. The molecule has 0 aromatic heterocycles. The molecule has 0 aliphatic heterocycles. The molecule has 2 rings (SSSR count). The molecule has 1 aliphatic rings. The lowest BCUT2D eigenvalue weighted by Crippen LogP contribution is -2.33. The lowest BCUT2D eigenvalue weighted by Gasteiger charge is -2.25. The molecule has 0 spiro atoms. The molecule has 0 bridgehead atoms. The van der Waals surface area contributed by atoms with Crippen molar-refractivity contribution in [2.75, 3.05) is 12.3 Å². The van der Waals surface area contributed by atoms with Crippen molar-refractivity contribution in [1.29, 1.82) is 0 Å². The van der Waals surface area contributed by atoms with E-state index in [0.717, 1.165) is 19.3 Å². The smallest absolute Gasteiger partial charge is 0.251 e. The number of benzene rings is 1. The number of hydrogen-bond donors (Lipinski definition) is 3. The zero-order valence-corrected chi connectivity index (χ0v) is 10.7. The van der Waals surface area contributed by atoms with Gasteiger partial charge in [-0.05, 0) is 43.4 Å². The molecule has 1 aromatic carbocycles. The molecule has 1 aromatic rings. The summed E-state index contributed by atoms with van der Waals surface area (Å²) in [6.45, 7) is 0.506. The SMILES string of the molecule is Nc1cc(F)cc(C(=O)NCC2CCCC(O)C2)c1. The van der Waals surface area contributed by atoms with Gasteiger partial charge in [-0.25, -0.2) is 4.39 Å². The monoisotopic (exact) mass is 266 g/mol. The summed E-state index contributed by atoms with van der Waals surface area (Å²) < 4.78 is 13.1. The third kappa shape index (κ3) is 3.92. The van der Waals surface area contributed by atoms with Crippen LogP contribution in [0.2, 0.25) is 0 Å². The van der Waals surface area contributed by atoms with Crippen molar-refractivity contribution in [3.05, 3.63) is 29.6 Å². The van der Waals surface area contributed by atoms with Gasteiger partial charge in [0.05, 0.1) is 6.10 Å². The average molecular weight is 266 g/mol. The molecule has 1 aliphatic carbocycles. The first-order valence-electron chi connectivity index (χ1n) is 6.57. The zero-order valence-electron chi connectivity index (χ0n) is 10.7. The summed E-state index contributed by atoms with van der Waals surface area (Å²) in [5.74, 6) is -0.553. The van der Waals surface area contributed by atoms with Gasteiger partial charge in [0, 0.05) is 17.8 Å².